The van der Waals surface area contributed by atoms with Gasteiger partial charge in [0.05, 0.1) is 19.0 Å². The molecule has 0 spiro atoms. The van der Waals surface area contributed by atoms with Crippen LogP contribution in [0.5, 0.6) is 5.75 Å². The molecule has 1 saturated heterocycles. The van der Waals surface area contributed by atoms with Crippen LogP contribution in [-0.4, -0.2) is 30.0 Å². The Labute approximate surface area is 113 Å². The summed E-state index contributed by atoms with van der Waals surface area (Å²) < 4.78 is 7.28. The number of piperidine rings is 1. The van der Waals surface area contributed by atoms with E-state index in [0.29, 0.717) is 0 Å². The van der Waals surface area contributed by atoms with Gasteiger partial charge in [0.25, 0.3) is 0 Å². The SMILES string of the molecule is COc1cccc(-n2nccc2N2CCCCC2)c1. The molecule has 0 amide bonds. The maximum absolute atomic E-state index is 5.28. The predicted molar refractivity (Wildman–Crippen MR) is 76.2 cm³/mol. The average Bonchev–Trinajstić information content (AvgIpc) is 2.98. The van der Waals surface area contributed by atoms with E-state index in [1.165, 1.54) is 25.1 Å². The van der Waals surface area contributed by atoms with Gasteiger partial charge in [0.15, 0.2) is 0 Å². The van der Waals surface area contributed by atoms with Crippen molar-refractivity contribution >= 4 is 5.82 Å². The molecule has 1 fully saturated rings. The van der Waals surface area contributed by atoms with E-state index in [9.17, 15) is 0 Å². The fraction of sp³-hybridized carbons (Fsp3) is 0.400. The van der Waals surface area contributed by atoms with E-state index in [-0.39, 0.29) is 0 Å². The van der Waals surface area contributed by atoms with Gasteiger partial charge in [0.2, 0.25) is 0 Å². The zero-order chi connectivity index (χ0) is 13.1. The fourth-order valence-corrected chi connectivity index (χ4v) is 2.60. The van der Waals surface area contributed by atoms with E-state index >= 15 is 0 Å². The van der Waals surface area contributed by atoms with Crippen LogP contribution in [0.15, 0.2) is 36.5 Å². The molecule has 0 unspecified atom stereocenters. The average molecular weight is 257 g/mol. The van der Waals surface area contributed by atoms with Gasteiger partial charge < -0.3 is 9.64 Å². The number of benzene rings is 1. The summed E-state index contributed by atoms with van der Waals surface area (Å²) >= 11 is 0. The van der Waals surface area contributed by atoms with Gasteiger partial charge in [-0.1, -0.05) is 6.07 Å². The molecule has 4 heteroatoms. The molecule has 0 bridgehead atoms. The monoisotopic (exact) mass is 257 g/mol. The molecule has 0 aliphatic carbocycles. The van der Waals surface area contributed by atoms with Crippen LogP contribution in [0.3, 0.4) is 0 Å². The van der Waals surface area contributed by atoms with Crippen LogP contribution in [0.2, 0.25) is 0 Å². The maximum atomic E-state index is 5.28. The van der Waals surface area contributed by atoms with E-state index in [0.717, 1.165) is 24.5 Å². The Hall–Kier alpha value is -1.97. The molecule has 2 aromatic rings. The standard InChI is InChI=1S/C15H19N3O/c1-19-14-7-5-6-13(12-14)18-15(8-9-16-18)17-10-3-2-4-11-17/h5-9,12H,2-4,10-11H2,1H3. The smallest absolute Gasteiger partial charge is 0.132 e. The molecule has 1 aromatic heterocycles. The van der Waals surface area contributed by atoms with Crippen LogP contribution in [0, 0.1) is 0 Å². The minimum absolute atomic E-state index is 0.859. The molecule has 1 aliphatic heterocycles. The zero-order valence-corrected chi connectivity index (χ0v) is 11.2. The molecule has 3 rings (SSSR count). The third kappa shape index (κ3) is 2.43. The van der Waals surface area contributed by atoms with E-state index in [2.05, 4.69) is 22.1 Å². The molecule has 0 N–H and O–H groups in total. The van der Waals surface area contributed by atoms with Crippen molar-refractivity contribution in [1.82, 2.24) is 9.78 Å². The van der Waals surface area contributed by atoms with Gasteiger partial charge in [-0.2, -0.15) is 5.10 Å². The van der Waals surface area contributed by atoms with Gasteiger partial charge in [-0.25, -0.2) is 4.68 Å². The minimum atomic E-state index is 0.859. The third-order valence-corrected chi connectivity index (χ3v) is 3.60. The van der Waals surface area contributed by atoms with Crippen molar-refractivity contribution in [3.8, 4) is 11.4 Å². The number of nitrogens with zero attached hydrogens (tertiary/aromatic N) is 3. The van der Waals surface area contributed by atoms with Crippen molar-refractivity contribution in [3.63, 3.8) is 0 Å². The Balaban J connectivity index is 1.94. The Morgan fingerprint density at radius 3 is 2.74 bits per heavy atom. The zero-order valence-electron chi connectivity index (χ0n) is 11.2. The van der Waals surface area contributed by atoms with E-state index in [1.54, 1.807) is 7.11 Å². The van der Waals surface area contributed by atoms with Gasteiger partial charge >= 0.3 is 0 Å². The Bertz CT molecular complexity index is 544. The van der Waals surface area contributed by atoms with Crippen LogP contribution in [0.25, 0.3) is 5.69 Å². The topological polar surface area (TPSA) is 30.3 Å². The summed E-state index contributed by atoms with van der Waals surface area (Å²) in [6.07, 6.45) is 5.74. The molecule has 2 heterocycles. The van der Waals surface area contributed by atoms with Crippen LogP contribution in [0.4, 0.5) is 5.82 Å². The summed E-state index contributed by atoms with van der Waals surface area (Å²) in [5, 5.41) is 4.46. The van der Waals surface area contributed by atoms with Crippen LogP contribution >= 0.6 is 0 Å². The lowest BCUT2D eigenvalue weighted by atomic mass is 10.1. The molecule has 0 radical (unpaired) electrons. The Morgan fingerprint density at radius 2 is 1.95 bits per heavy atom. The summed E-state index contributed by atoms with van der Waals surface area (Å²) in [5.41, 5.74) is 1.05. The van der Waals surface area contributed by atoms with Crippen LogP contribution in [-0.2, 0) is 0 Å². The van der Waals surface area contributed by atoms with Gasteiger partial charge in [-0.15, -0.1) is 0 Å². The van der Waals surface area contributed by atoms with Crippen molar-refractivity contribution in [2.75, 3.05) is 25.1 Å². The first-order chi connectivity index (χ1) is 9.38. The lowest BCUT2D eigenvalue weighted by molar-refractivity contribution is 0.414. The molecule has 4 nitrogen and oxygen atoms in total. The van der Waals surface area contributed by atoms with Crippen molar-refractivity contribution in [3.05, 3.63) is 36.5 Å². The summed E-state index contributed by atoms with van der Waals surface area (Å²) in [4.78, 5) is 2.41. The molecule has 0 atom stereocenters. The number of ether oxygens (including phenoxy) is 1. The first-order valence-electron chi connectivity index (χ1n) is 6.82. The second-order valence-corrected chi connectivity index (χ2v) is 4.85. The normalized spacial score (nSPS) is 15.5. The molecule has 19 heavy (non-hydrogen) atoms. The third-order valence-electron chi connectivity index (χ3n) is 3.60. The van der Waals surface area contributed by atoms with E-state index in [1.807, 2.05) is 29.1 Å². The van der Waals surface area contributed by atoms with Gasteiger partial charge in [0, 0.05) is 25.2 Å². The van der Waals surface area contributed by atoms with Gasteiger partial charge in [-0.05, 0) is 31.4 Å². The van der Waals surface area contributed by atoms with Crippen LogP contribution < -0.4 is 9.64 Å². The number of hydrogen-bond donors (Lipinski definition) is 0. The van der Waals surface area contributed by atoms with Crippen molar-refractivity contribution < 1.29 is 4.74 Å². The largest absolute Gasteiger partial charge is 0.497 e. The summed E-state index contributed by atoms with van der Waals surface area (Å²) in [6.45, 7) is 2.24. The van der Waals surface area contributed by atoms with Crippen molar-refractivity contribution in [2.24, 2.45) is 0 Å². The van der Waals surface area contributed by atoms with E-state index < -0.39 is 0 Å². The Morgan fingerprint density at radius 1 is 1.11 bits per heavy atom. The number of anilines is 1. The predicted octanol–water partition coefficient (Wildman–Crippen LogP) is 2.87. The van der Waals surface area contributed by atoms with Gasteiger partial charge in [0.1, 0.15) is 11.6 Å². The second-order valence-electron chi connectivity index (χ2n) is 4.85. The number of hydrogen-bond acceptors (Lipinski definition) is 3. The number of aromatic nitrogens is 2. The highest BCUT2D eigenvalue weighted by Gasteiger charge is 2.15. The molecule has 0 saturated carbocycles. The lowest BCUT2D eigenvalue weighted by Gasteiger charge is -2.28. The second kappa shape index (κ2) is 5.34. The number of methoxy groups -OCH3 is 1. The minimum Gasteiger partial charge on any atom is -0.497 e. The number of rotatable bonds is 3. The van der Waals surface area contributed by atoms with Crippen LogP contribution in [0.1, 0.15) is 19.3 Å². The summed E-state index contributed by atoms with van der Waals surface area (Å²) in [7, 11) is 1.69. The van der Waals surface area contributed by atoms with Gasteiger partial charge in [-0.3, -0.25) is 0 Å². The first kappa shape index (κ1) is 12.1. The maximum Gasteiger partial charge on any atom is 0.132 e. The highest BCUT2D eigenvalue weighted by molar-refractivity contribution is 5.49. The fourth-order valence-electron chi connectivity index (χ4n) is 2.60. The quantitative estimate of drug-likeness (QED) is 0.847. The Kier molecular flexibility index (Phi) is 3.40. The van der Waals surface area contributed by atoms with Crippen molar-refractivity contribution in [1.29, 1.82) is 0 Å². The first-order valence-corrected chi connectivity index (χ1v) is 6.82. The highest BCUT2D eigenvalue weighted by atomic mass is 16.5. The highest BCUT2D eigenvalue weighted by Crippen LogP contribution is 2.24. The molecule has 1 aliphatic rings. The molecule has 100 valence electrons. The lowest BCUT2D eigenvalue weighted by Crippen LogP contribution is -2.31. The summed E-state index contributed by atoms with van der Waals surface area (Å²) in [5.74, 6) is 2.03. The molecular formula is C15H19N3O. The molecule has 1 aromatic carbocycles. The van der Waals surface area contributed by atoms with Crippen molar-refractivity contribution in [2.45, 2.75) is 19.3 Å². The van der Waals surface area contributed by atoms with E-state index in [4.69, 9.17) is 4.74 Å². The summed E-state index contributed by atoms with van der Waals surface area (Å²) in [6, 6.07) is 10.1. The molecular weight excluding hydrogens is 238 g/mol.